The van der Waals surface area contributed by atoms with Crippen molar-refractivity contribution in [3.63, 3.8) is 0 Å². The summed E-state index contributed by atoms with van der Waals surface area (Å²) in [6.45, 7) is 8.33. The van der Waals surface area contributed by atoms with Crippen LogP contribution in [0, 0.1) is 22.7 Å². The predicted octanol–water partition coefficient (Wildman–Crippen LogP) is 4.72. The molecule has 1 aromatic carbocycles. The summed E-state index contributed by atoms with van der Waals surface area (Å²) in [6.07, 6.45) is 3.06. The average molecular weight is 439 g/mol. The van der Waals surface area contributed by atoms with Gasteiger partial charge in [-0.15, -0.1) is 0 Å². The van der Waals surface area contributed by atoms with Crippen LogP contribution in [0.5, 0.6) is 0 Å². The van der Waals surface area contributed by atoms with Gasteiger partial charge < -0.3 is 19.4 Å². The Hall–Kier alpha value is -2.11. The zero-order valence-electron chi connectivity index (χ0n) is 19.4. The minimum Gasteiger partial charge on any atom is -0.469 e. The second kappa shape index (κ2) is 7.19. The number of hydrogen-bond acceptors (Lipinski definition) is 5. The van der Waals surface area contributed by atoms with Gasteiger partial charge in [0, 0.05) is 17.8 Å². The number of carbonyl (C=O) groups is 1. The normalized spacial score (nSPS) is 40.0. The van der Waals surface area contributed by atoms with Crippen LogP contribution in [0.15, 0.2) is 47.1 Å². The van der Waals surface area contributed by atoms with E-state index >= 15 is 0 Å². The monoisotopic (exact) mass is 438 g/mol. The largest absolute Gasteiger partial charge is 0.469 e. The summed E-state index contributed by atoms with van der Waals surface area (Å²) in [5, 5.41) is 24.2. The number of benzene rings is 1. The Morgan fingerprint density at radius 3 is 2.56 bits per heavy atom. The third kappa shape index (κ3) is 2.73. The molecule has 0 spiro atoms. The lowest BCUT2D eigenvalue weighted by Gasteiger charge is -2.68. The molecular weight excluding hydrogens is 404 g/mol. The molecule has 0 saturated heterocycles. The van der Waals surface area contributed by atoms with Crippen molar-refractivity contribution in [1.29, 1.82) is 0 Å². The summed E-state index contributed by atoms with van der Waals surface area (Å²) in [4.78, 5) is 13.1. The molecule has 1 heterocycles. The van der Waals surface area contributed by atoms with Crippen molar-refractivity contribution >= 4 is 5.97 Å². The fourth-order valence-electron chi connectivity index (χ4n) is 7.59. The Morgan fingerprint density at radius 2 is 1.84 bits per heavy atom. The smallest absolute Gasteiger partial charge is 0.338 e. The van der Waals surface area contributed by atoms with Crippen LogP contribution in [-0.4, -0.2) is 34.0 Å². The summed E-state index contributed by atoms with van der Waals surface area (Å²) >= 11 is 0. The van der Waals surface area contributed by atoms with Gasteiger partial charge in [-0.3, -0.25) is 0 Å². The van der Waals surface area contributed by atoms with Crippen LogP contribution in [0.25, 0.3) is 0 Å². The SMILES string of the molecule is C[C@H]1c2ccoc2C[C@H]2[C@H]1[C@@H](OC(=O)c1ccccc1)[C@@H](O)[C@@]1(O)C(C)(C)CCC[C@]21C. The van der Waals surface area contributed by atoms with Gasteiger partial charge in [-0.1, -0.05) is 52.3 Å². The van der Waals surface area contributed by atoms with E-state index in [1.165, 1.54) is 0 Å². The minimum atomic E-state index is -1.38. The molecular formula is C27H34O5. The number of furan rings is 1. The van der Waals surface area contributed by atoms with Crippen LogP contribution in [0.2, 0.25) is 0 Å². The molecule has 3 aliphatic rings. The Kier molecular flexibility index (Phi) is 4.88. The van der Waals surface area contributed by atoms with E-state index in [2.05, 4.69) is 13.8 Å². The lowest BCUT2D eigenvalue weighted by molar-refractivity contribution is -0.312. The Morgan fingerprint density at radius 1 is 1.12 bits per heavy atom. The zero-order valence-corrected chi connectivity index (χ0v) is 19.4. The van der Waals surface area contributed by atoms with Crippen molar-refractivity contribution < 1.29 is 24.2 Å². The van der Waals surface area contributed by atoms with Crippen LogP contribution in [0.4, 0.5) is 0 Å². The number of aliphatic hydroxyl groups is 2. The molecule has 0 unspecified atom stereocenters. The number of carbonyl (C=O) groups excluding carboxylic acids is 1. The molecule has 0 bridgehead atoms. The highest BCUT2D eigenvalue weighted by molar-refractivity contribution is 5.89. The summed E-state index contributed by atoms with van der Waals surface area (Å²) in [5.41, 5.74) is -0.859. The molecule has 32 heavy (non-hydrogen) atoms. The zero-order chi connectivity index (χ0) is 22.9. The van der Waals surface area contributed by atoms with Gasteiger partial charge in [-0.05, 0) is 53.9 Å². The Bertz CT molecular complexity index is 1010. The molecule has 5 rings (SSSR count). The van der Waals surface area contributed by atoms with Gasteiger partial charge >= 0.3 is 5.97 Å². The van der Waals surface area contributed by atoms with E-state index in [9.17, 15) is 15.0 Å². The number of fused-ring (bicyclic) bond motifs is 4. The number of esters is 1. The maximum atomic E-state index is 13.1. The van der Waals surface area contributed by atoms with E-state index in [0.29, 0.717) is 12.0 Å². The molecule has 0 aliphatic heterocycles. The van der Waals surface area contributed by atoms with Gasteiger partial charge in [0.05, 0.1) is 11.8 Å². The van der Waals surface area contributed by atoms with Crippen molar-refractivity contribution in [2.45, 2.75) is 77.1 Å². The van der Waals surface area contributed by atoms with Gasteiger partial charge in [-0.25, -0.2) is 4.79 Å². The second-order valence-electron chi connectivity index (χ2n) is 11.1. The van der Waals surface area contributed by atoms with E-state index < -0.39 is 34.6 Å². The molecule has 2 saturated carbocycles. The highest BCUT2D eigenvalue weighted by atomic mass is 16.6. The van der Waals surface area contributed by atoms with Gasteiger partial charge in [0.1, 0.15) is 23.6 Å². The molecule has 0 amide bonds. The third-order valence-electron chi connectivity index (χ3n) is 9.31. The quantitative estimate of drug-likeness (QED) is 0.663. The fourth-order valence-corrected chi connectivity index (χ4v) is 7.59. The molecule has 3 aliphatic carbocycles. The maximum absolute atomic E-state index is 13.1. The molecule has 5 nitrogen and oxygen atoms in total. The standard InChI is InChI=1S/C27H34O5/c1-16-18-11-14-31-20(18)15-19-21(16)22(32-24(29)17-9-6-5-7-10-17)23(28)27(30)25(2,3)12-8-13-26(19,27)4/h5-7,9-11,14,16,19,21-23,28,30H,8,12-13,15H2,1-4H3/t16-,19-,21-,22+,23+,26+,27+/m0/s1. The molecule has 172 valence electrons. The molecule has 7 atom stereocenters. The van der Waals surface area contributed by atoms with E-state index in [-0.39, 0.29) is 17.8 Å². The minimum absolute atomic E-state index is 0.0256. The molecule has 0 radical (unpaired) electrons. The van der Waals surface area contributed by atoms with Crippen LogP contribution >= 0.6 is 0 Å². The molecule has 2 aromatic rings. The Labute approximate surface area is 189 Å². The highest BCUT2D eigenvalue weighted by Gasteiger charge is 2.72. The number of aliphatic hydroxyl groups excluding tert-OH is 1. The van der Waals surface area contributed by atoms with E-state index in [1.54, 1.807) is 30.5 Å². The number of hydrogen-bond donors (Lipinski definition) is 2. The molecule has 2 fully saturated rings. The first kappa shape index (κ1) is 21.7. The summed E-state index contributed by atoms with van der Waals surface area (Å²) < 4.78 is 11.9. The summed E-state index contributed by atoms with van der Waals surface area (Å²) in [6, 6.07) is 10.9. The maximum Gasteiger partial charge on any atom is 0.338 e. The van der Waals surface area contributed by atoms with Crippen LogP contribution in [0.3, 0.4) is 0 Å². The van der Waals surface area contributed by atoms with Crippen molar-refractivity contribution in [3.05, 3.63) is 59.5 Å². The molecule has 2 N–H and O–H groups in total. The van der Waals surface area contributed by atoms with E-state index in [0.717, 1.165) is 30.6 Å². The van der Waals surface area contributed by atoms with Gasteiger partial charge in [0.25, 0.3) is 0 Å². The van der Waals surface area contributed by atoms with E-state index in [1.807, 2.05) is 26.0 Å². The van der Waals surface area contributed by atoms with Crippen LogP contribution in [0.1, 0.15) is 74.6 Å². The topological polar surface area (TPSA) is 79.9 Å². The van der Waals surface area contributed by atoms with E-state index in [4.69, 9.17) is 9.15 Å². The second-order valence-corrected chi connectivity index (χ2v) is 11.1. The van der Waals surface area contributed by atoms with Crippen LogP contribution in [-0.2, 0) is 11.2 Å². The fraction of sp³-hybridized carbons (Fsp3) is 0.593. The molecule has 5 heteroatoms. The first-order chi connectivity index (χ1) is 15.1. The van der Waals surface area contributed by atoms with Gasteiger partial charge in [0.2, 0.25) is 0 Å². The molecule has 1 aromatic heterocycles. The number of rotatable bonds is 2. The third-order valence-corrected chi connectivity index (χ3v) is 9.31. The van der Waals surface area contributed by atoms with Gasteiger partial charge in [0.15, 0.2) is 0 Å². The van der Waals surface area contributed by atoms with Crippen LogP contribution < -0.4 is 0 Å². The van der Waals surface area contributed by atoms with Gasteiger partial charge in [-0.2, -0.15) is 0 Å². The first-order valence-electron chi connectivity index (χ1n) is 11.8. The average Bonchev–Trinajstić information content (AvgIpc) is 3.24. The van der Waals surface area contributed by atoms with Crippen molar-refractivity contribution in [2.24, 2.45) is 22.7 Å². The van der Waals surface area contributed by atoms with Crippen molar-refractivity contribution in [3.8, 4) is 0 Å². The summed E-state index contributed by atoms with van der Waals surface area (Å²) in [7, 11) is 0. The summed E-state index contributed by atoms with van der Waals surface area (Å²) in [5.74, 6) is 0.450. The Balaban J connectivity index is 1.63. The first-order valence-corrected chi connectivity index (χ1v) is 11.8. The number of ether oxygens (including phenoxy) is 1. The van der Waals surface area contributed by atoms with Crippen molar-refractivity contribution in [2.75, 3.05) is 0 Å². The predicted molar refractivity (Wildman–Crippen MR) is 120 cm³/mol. The lowest BCUT2D eigenvalue weighted by Crippen LogP contribution is -2.76. The highest BCUT2D eigenvalue weighted by Crippen LogP contribution is 2.67. The van der Waals surface area contributed by atoms with Crippen molar-refractivity contribution in [1.82, 2.24) is 0 Å². The lowest BCUT2D eigenvalue weighted by atomic mass is 9.40.